The first-order valence-corrected chi connectivity index (χ1v) is 4.45. The quantitative estimate of drug-likeness (QED) is 0.655. The monoisotopic (exact) mass is 184 g/mol. The summed E-state index contributed by atoms with van der Waals surface area (Å²) in [5.74, 6) is 1.72. The lowest BCUT2D eigenvalue weighted by molar-refractivity contribution is -0.105. The minimum absolute atomic E-state index is 0.735. The van der Waals surface area contributed by atoms with Crippen molar-refractivity contribution in [2.45, 2.75) is 6.92 Å². The van der Waals surface area contributed by atoms with Crippen LogP contribution in [0.5, 0.6) is 0 Å². The SMILES string of the molecule is Cc1cnccc1[C]1[CH][CH][CH][C]1C=O. The van der Waals surface area contributed by atoms with E-state index in [1.807, 2.05) is 32.3 Å². The van der Waals surface area contributed by atoms with Gasteiger partial charge in [0.1, 0.15) is 6.29 Å². The van der Waals surface area contributed by atoms with E-state index in [9.17, 15) is 4.79 Å². The first kappa shape index (κ1) is 9.38. The van der Waals surface area contributed by atoms with Gasteiger partial charge in [0.05, 0.1) is 5.92 Å². The number of carbonyl (C=O) groups excluding carboxylic acids is 1. The summed E-state index contributed by atoms with van der Waals surface area (Å²) in [6.07, 6.45) is 10.1. The Labute approximate surface area is 84.4 Å². The highest BCUT2D eigenvalue weighted by atomic mass is 16.1. The van der Waals surface area contributed by atoms with E-state index in [4.69, 9.17) is 0 Å². The molecule has 0 N–H and O–H groups in total. The summed E-state index contributed by atoms with van der Waals surface area (Å²) in [7, 11) is 0. The van der Waals surface area contributed by atoms with Crippen LogP contribution >= 0.6 is 0 Å². The second kappa shape index (κ2) is 3.91. The lowest BCUT2D eigenvalue weighted by Crippen LogP contribution is -2.08. The largest absolute Gasteiger partial charge is 0.303 e. The molecule has 1 fully saturated rings. The number of nitrogens with zero attached hydrogens (tertiary/aromatic N) is 1. The van der Waals surface area contributed by atoms with Crippen molar-refractivity contribution in [3.05, 3.63) is 60.7 Å². The molecule has 1 saturated carbocycles. The van der Waals surface area contributed by atoms with Crippen molar-refractivity contribution in [3.8, 4) is 0 Å². The molecule has 1 aromatic rings. The van der Waals surface area contributed by atoms with E-state index in [1.54, 1.807) is 12.4 Å². The van der Waals surface area contributed by atoms with Crippen LogP contribution < -0.4 is 0 Å². The standard InChI is InChI=1S/C12H10NO/c1-9-7-13-6-5-11(9)12-4-2-3-10(12)8-14/h2-8H,1H3. The summed E-state index contributed by atoms with van der Waals surface area (Å²) >= 11 is 0. The fraction of sp³-hybridized carbons (Fsp3) is 0.0833. The third-order valence-corrected chi connectivity index (χ3v) is 2.29. The van der Waals surface area contributed by atoms with Crippen molar-refractivity contribution >= 4 is 6.29 Å². The maximum absolute atomic E-state index is 10.8. The zero-order valence-electron chi connectivity index (χ0n) is 7.90. The first-order chi connectivity index (χ1) is 6.83. The molecule has 0 amide bonds. The van der Waals surface area contributed by atoms with Crippen LogP contribution in [0, 0.1) is 38.0 Å². The molecule has 0 unspecified atom stereocenters. The molecule has 5 radical (unpaired) electrons. The Kier molecular flexibility index (Phi) is 2.62. The highest BCUT2D eigenvalue weighted by Gasteiger charge is 2.31. The zero-order chi connectivity index (χ0) is 9.97. The Morgan fingerprint density at radius 3 is 2.93 bits per heavy atom. The summed E-state index contributed by atoms with van der Waals surface area (Å²) < 4.78 is 0. The predicted molar refractivity (Wildman–Crippen MR) is 53.5 cm³/mol. The highest BCUT2D eigenvalue weighted by Crippen LogP contribution is 2.37. The van der Waals surface area contributed by atoms with Gasteiger partial charge < -0.3 is 4.79 Å². The molecule has 1 heterocycles. The molecule has 1 aliphatic rings. The molecule has 1 aromatic heterocycles. The lowest BCUT2D eigenvalue weighted by Gasteiger charge is -2.14. The van der Waals surface area contributed by atoms with E-state index >= 15 is 0 Å². The van der Waals surface area contributed by atoms with Gasteiger partial charge in [-0.3, -0.25) is 4.98 Å². The second-order valence-electron chi connectivity index (χ2n) is 3.20. The maximum Gasteiger partial charge on any atom is 0.128 e. The molecule has 14 heavy (non-hydrogen) atoms. The van der Waals surface area contributed by atoms with Crippen molar-refractivity contribution in [3.63, 3.8) is 0 Å². The van der Waals surface area contributed by atoms with E-state index in [2.05, 4.69) is 4.98 Å². The van der Waals surface area contributed by atoms with Crippen molar-refractivity contribution in [2.24, 2.45) is 0 Å². The van der Waals surface area contributed by atoms with Gasteiger partial charge in [0.2, 0.25) is 0 Å². The van der Waals surface area contributed by atoms with E-state index in [0.717, 1.165) is 29.2 Å². The summed E-state index contributed by atoms with van der Waals surface area (Å²) in [5.41, 5.74) is 2.16. The average Bonchev–Trinajstić information content (AvgIpc) is 2.66. The summed E-state index contributed by atoms with van der Waals surface area (Å²) in [6, 6.07) is 1.93. The molecule has 0 atom stereocenters. The number of aryl methyl sites for hydroxylation is 1. The van der Waals surface area contributed by atoms with E-state index in [0.29, 0.717) is 0 Å². The van der Waals surface area contributed by atoms with Crippen LogP contribution in [-0.2, 0) is 4.79 Å². The minimum Gasteiger partial charge on any atom is -0.303 e. The highest BCUT2D eigenvalue weighted by molar-refractivity contribution is 5.84. The van der Waals surface area contributed by atoms with Crippen LogP contribution in [0.1, 0.15) is 11.1 Å². The molecule has 0 aliphatic heterocycles. The van der Waals surface area contributed by atoms with Gasteiger partial charge in [-0.05, 0) is 43.4 Å². The average molecular weight is 184 g/mol. The van der Waals surface area contributed by atoms with Gasteiger partial charge in [0.25, 0.3) is 0 Å². The van der Waals surface area contributed by atoms with Gasteiger partial charge >= 0.3 is 0 Å². The lowest BCUT2D eigenvalue weighted by atomic mass is 9.88. The third kappa shape index (κ3) is 1.57. The van der Waals surface area contributed by atoms with Crippen LogP contribution in [0.15, 0.2) is 18.5 Å². The van der Waals surface area contributed by atoms with E-state index < -0.39 is 0 Å². The maximum atomic E-state index is 10.8. The van der Waals surface area contributed by atoms with Crippen molar-refractivity contribution in [1.82, 2.24) is 4.98 Å². The predicted octanol–water partition coefficient (Wildman–Crippen LogP) is 1.71. The molecule has 0 bridgehead atoms. The number of aldehydes is 1. The van der Waals surface area contributed by atoms with E-state index in [-0.39, 0.29) is 0 Å². The van der Waals surface area contributed by atoms with Crippen molar-refractivity contribution in [2.75, 3.05) is 0 Å². The summed E-state index contributed by atoms with van der Waals surface area (Å²) in [4.78, 5) is 14.8. The molecule has 0 saturated heterocycles. The number of aromatic nitrogens is 1. The summed E-state index contributed by atoms with van der Waals surface area (Å²) in [6.45, 7) is 1.99. The minimum atomic E-state index is 0.735. The van der Waals surface area contributed by atoms with Crippen LogP contribution in [-0.4, -0.2) is 11.3 Å². The number of hydrogen-bond acceptors (Lipinski definition) is 2. The van der Waals surface area contributed by atoms with Gasteiger partial charge in [0.15, 0.2) is 0 Å². The number of pyridine rings is 1. The second-order valence-corrected chi connectivity index (χ2v) is 3.20. The molecule has 2 nitrogen and oxygen atoms in total. The molecule has 2 heteroatoms. The zero-order valence-corrected chi connectivity index (χ0v) is 7.90. The molecule has 0 aromatic carbocycles. The fourth-order valence-electron chi connectivity index (χ4n) is 1.56. The molecule has 0 spiro atoms. The Morgan fingerprint density at radius 1 is 1.36 bits per heavy atom. The third-order valence-electron chi connectivity index (χ3n) is 2.29. The van der Waals surface area contributed by atoms with Gasteiger partial charge in [0, 0.05) is 18.3 Å². The van der Waals surface area contributed by atoms with Gasteiger partial charge in [-0.25, -0.2) is 0 Å². The van der Waals surface area contributed by atoms with Gasteiger partial charge in [-0.2, -0.15) is 0 Å². The van der Waals surface area contributed by atoms with Crippen LogP contribution in [0.3, 0.4) is 0 Å². The van der Waals surface area contributed by atoms with Crippen LogP contribution in [0.25, 0.3) is 0 Å². The Bertz CT molecular complexity index is 335. The normalized spacial score (nSPS) is 18.6. The molecule has 69 valence electrons. The first-order valence-electron chi connectivity index (χ1n) is 4.45. The molecular weight excluding hydrogens is 174 g/mol. The van der Waals surface area contributed by atoms with Gasteiger partial charge in [-0.15, -0.1) is 0 Å². The van der Waals surface area contributed by atoms with Crippen LogP contribution in [0.2, 0.25) is 0 Å². The fourth-order valence-corrected chi connectivity index (χ4v) is 1.56. The Hall–Kier alpha value is -1.18. The number of rotatable bonds is 2. The topological polar surface area (TPSA) is 30.0 Å². The Morgan fingerprint density at radius 2 is 2.21 bits per heavy atom. The number of hydrogen-bond donors (Lipinski definition) is 0. The van der Waals surface area contributed by atoms with Crippen molar-refractivity contribution < 1.29 is 4.79 Å². The molecule has 1 aliphatic carbocycles. The van der Waals surface area contributed by atoms with Crippen molar-refractivity contribution in [1.29, 1.82) is 0 Å². The molecular formula is C12H10NO. The van der Waals surface area contributed by atoms with Crippen LogP contribution in [0.4, 0.5) is 0 Å². The molecule has 2 rings (SSSR count). The summed E-state index contributed by atoms with van der Waals surface area (Å²) in [5, 5.41) is 0. The number of carbonyl (C=O) groups is 1. The smallest absolute Gasteiger partial charge is 0.128 e. The van der Waals surface area contributed by atoms with E-state index in [1.165, 1.54) is 0 Å². The van der Waals surface area contributed by atoms with Gasteiger partial charge in [-0.1, -0.05) is 0 Å². The Balaban J connectivity index is 2.30.